The Morgan fingerprint density at radius 1 is 0.865 bits per heavy atom. The van der Waals surface area contributed by atoms with E-state index < -0.39 is 0 Å². The molecule has 0 radical (unpaired) electrons. The van der Waals surface area contributed by atoms with Gasteiger partial charge in [0.25, 0.3) is 5.91 Å². The second-order valence-corrected chi connectivity index (χ2v) is 9.12. The lowest BCUT2D eigenvalue weighted by atomic mass is 10.0. The molecule has 1 amide bonds. The molecule has 0 aromatic heterocycles. The van der Waals surface area contributed by atoms with Crippen molar-refractivity contribution in [1.82, 2.24) is 10.6 Å². The van der Waals surface area contributed by atoms with Crippen LogP contribution in [0.4, 0.5) is 10.1 Å². The number of hydrogen-bond acceptors (Lipinski definition) is 5. The van der Waals surface area contributed by atoms with Crippen molar-refractivity contribution in [1.29, 1.82) is 0 Å². The van der Waals surface area contributed by atoms with Crippen LogP contribution in [0.15, 0.2) is 60.7 Å². The lowest BCUT2D eigenvalue weighted by Crippen LogP contribution is -2.20. The highest BCUT2D eigenvalue weighted by Crippen LogP contribution is 2.34. The predicted molar refractivity (Wildman–Crippen MR) is 149 cm³/mol. The highest BCUT2D eigenvalue weighted by atomic mass is 35.5. The highest BCUT2D eigenvalue weighted by molar-refractivity contribution is 6.05. The predicted octanol–water partition coefficient (Wildman–Crippen LogP) is 5.38. The van der Waals surface area contributed by atoms with E-state index in [9.17, 15) is 9.18 Å². The fourth-order valence-electron chi connectivity index (χ4n) is 4.51. The zero-order valence-electron chi connectivity index (χ0n) is 20.6. The van der Waals surface area contributed by atoms with Gasteiger partial charge in [-0.25, -0.2) is 4.39 Å². The number of aryl methyl sites for hydroxylation is 1. The maximum atomic E-state index is 13.5. The van der Waals surface area contributed by atoms with Gasteiger partial charge in [-0.3, -0.25) is 4.79 Å². The molecule has 37 heavy (non-hydrogen) atoms. The van der Waals surface area contributed by atoms with Gasteiger partial charge in [0.2, 0.25) is 0 Å². The topological polar surface area (TPSA) is 71.6 Å². The molecule has 0 spiro atoms. The van der Waals surface area contributed by atoms with Crippen molar-refractivity contribution >= 4 is 36.4 Å². The number of nitrogens with one attached hydrogen (secondary N) is 3. The molecule has 198 valence electrons. The second-order valence-electron chi connectivity index (χ2n) is 9.12. The Labute approximate surface area is 229 Å². The van der Waals surface area contributed by atoms with Crippen LogP contribution < -0.4 is 25.4 Å². The van der Waals surface area contributed by atoms with E-state index in [1.165, 1.54) is 12.1 Å². The summed E-state index contributed by atoms with van der Waals surface area (Å²) in [5.74, 6) is 1.01. The zero-order chi connectivity index (χ0) is 24.2. The Balaban J connectivity index is 0.00000190. The van der Waals surface area contributed by atoms with Crippen molar-refractivity contribution < 1.29 is 18.7 Å². The molecular formula is C28H32Cl2FN3O3. The monoisotopic (exact) mass is 547 g/mol. The standard InChI is InChI=1S/C28H30FN3O3.2ClH/c1-18-14-20(4-8-26(18)34-23-10-12-30-16-23)28(33)32-22-7-9-27(35-24-11-13-31-17-24)25(15-22)19-2-5-21(29)6-3-19;;/h2-9,14-15,23-24,30-31H,10-13,16-17H2,1H3,(H,32,33);2*1H/t23-,24-;;/m0../s1. The van der Waals surface area contributed by atoms with Gasteiger partial charge in [0.15, 0.2) is 0 Å². The molecule has 3 N–H and O–H groups in total. The summed E-state index contributed by atoms with van der Waals surface area (Å²) < 4.78 is 25.8. The molecule has 2 aliphatic heterocycles. The summed E-state index contributed by atoms with van der Waals surface area (Å²) in [6.45, 7) is 5.47. The van der Waals surface area contributed by atoms with E-state index in [2.05, 4.69) is 16.0 Å². The van der Waals surface area contributed by atoms with Gasteiger partial charge >= 0.3 is 0 Å². The van der Waals surface area contributed by atoms with E-state index in [-0.39, 0.29) is 48.7 Å². The van der Waals surface area contributed by atoms with E-state index in [1.54, 1.807) is 18.2 Å². The average Bonchev–Trinajstić information content (AvgIpc) is 3.56. The third-order valence-electron chi connectivity index (χ3n) is 6.45. The number of halogens is 3. The maximum absolute atomic E-state index is 13.5. The van der Waals surface area contributed by atoms with Gasteiger partial charge in [-0.1, -0.05) is 12.1 Å². The first-order valence-electron chi connectivity index (χ1n) is 12.1. The van der Waals surface area contributed by atoms with E-state index >= 15 is 0 Å². The lowest BCUT2D eigenvalue weighted by molar-refractivity contribution is 0.102. The van der Waals surface area contributed by atoms with Crippen LogP contribution in [-0.4, -0.2) is 44.3 Å². The van der Waals surface area contributed by atoms with Crippen LogP contribution >= 0.6 is 24.8 Å². The molecule has 2 fully saturated rings. The number of carbonyl (C=O) groups excluding carboxylic acids is 1. The Bertz CT molecular complexity index is 1200. The van der Waals surface area contributed by atoms with Crippen LogP contribution in [0.25, 0.3) is 11.1 Å². The molecule has 3 aromatic carbocycles. The van der Waals surface area contributed by atoms with Gasteiger partial charge < -0.3 is 25.4 Å². The third-order valence-corrected chi connectivity index (χ3v) is 6.45. The first-order valence-corrected chi connectivity index (χ1v) is 12.1. The number of anilines is 1. The van der Waals surface area contributed by atoms with E-state index in [0.717, 1.165) is 61.5 Å². The summed E-state index contributed by atoms with van der Waals surface area (Å²) in [7, 11) is 0. The Hall–Kier alpha value is -2.84. The molecule has 2 atom stereocenters. The molecule has 0 aliphatic carbocycles. The van der Waals surface area contributed by atoms with Gasteiger partial charge in [-0.05, 0) is 92.5 Å². The van der Waals surface area contributed by atoms with Crippen LogP contribution in [0.3, 0.4) is 0 Å². The average molecular weight is 548 g/mol. The molecule has 2 heterocycles. The SMILES string of the molecule is Cc1cc(C(=O)Nc2ccc(O[C@H]3CCNC3)c(-c3ccc(F)cc3)c2)ccc1O[C@H]1CCNC1.Cl.Cl. The lowest BCUT2D eigenvalue weighted by Gasteiger charge is -2.18. The first-order chi connectivity index (χ1) is 17.0. The van der Waals surface area contributed by atoms with Gasteiger partial charge in [0, 0.05) is 29.9 Å². The Morgan fingerprint density at radius 3 is 2.08 bits per heavy atom. The zero-order valence-corrected chi connectivity index (χ0v) is 22.2. The Morgan fingerprint density at radius 2 is 1.49 bits per heavy atom. The van der Waals surface area contributed by atoms with Gasteiger partial charge in [0.1, 0.15) is 29.5 Å². The molecule has 2 aliphatic rings. The van der Waals surface area contributed by atoms with E-state index in [4.69, 9.17) is 9.47 Å². The summed E-state index contributed by atoms with van der Waals surface area (Å²) in [6, 6.07) is 17.4. The van der Waals surface area contributed by atoms with Crippen molar-refractivity contribution in [2.75, 3.05) is 31.5 Å². The van der Waals surface area contributed by atoms with Crippen LogP contribution in [0.2, 0.25) is 0 Å². The fourth-order valence-corrected chi connectivity index (χ4v) is 4.51. The van der Waals surface area contributed by atoms with Crippen molar-refractivity contribution in [2.45, 2.75) is 32.0 Å². The largest absolute Gasteiger partial charge is 0.489 e. The molecule has 0 saturated carbocycles. The Kier molecular flexibility index (Phi) is 10.2. The quantitative estimate of drug-likeness (QED) is 0.370. The molecule has 0 unspecified atom stereocenters. The highest BCUT2D eigenvalue weighted by Gasteiger charge is 2.20. The van der Waals surface area contributed by atoms with E-state index in [1.807, 2.05) is 37.3 Å². The number of carbonyl (C=O) groups is 1. The minimum absolute atomic E-state index is 0. The molecule has 0 bridgehead atoms. The summed E-state index contributed by atoms with van der Waals surface area (Å²) in [5, 5.41) is 9.58. The van der Waals surface area contributed by atoms with Crippen LogP contribution in [0.5, 0.6) is 11.5 Å². The minimum Gasteiger partial charge on any atom is -0.489 e. The van der Waals surface area contributed by atoms with Crippen molar-refractivity contribution in [3.05, 3.63) is 77.6 Å². The molecule has 5 rings (SSSR count). The van der Waals surface area contributed by atoms with Crippen LogP contribution in [0, 0.1) is 12.7 Å². The van der Waals surface area contributed by atoms with Gasteiger partial charge in [-0.2, -0.15) is 0 Å². The number of ether oxygens (including phenoxy) is 2. The first kappa shape index (κ1) is 28.7. The maximum Gasteiger partial charge on any atom is 0.255 e. The summed E-state index contributed by atoms with van der Waals surface area (Å²) in [5.41, 5.74) is 3.74. The molecule has 3 aromatic rings. The van der Waals surface area contributed by atoms with Crippen LogP contribution in [-0.2, 0) is 0 Å². The molecular weight excluding hydrogens is 516 g/mol. The van der Waals surface area contributed by atoms with E-state index in [0.29, 0.717) is 17.0 Å². The van der Waals surface area contributed by atoms with Crippen molar-refractivity contribution in [3.8, 4) is 22.6 Å². The molecule has 9 heteroatoms. The normalized spacial score (nSPS) is 18.4. The second kappa shape index (κ2) is 13.1. The van der Waals surface area contributed by atoms with Crippen molar-refractivity contribution in [2.24, 2.45) is 0 Å². The minimum atomic E-state index is -0.298. The summed E-state index contributed by atoms with van der Waals surface area (Å²) in [6.07, 6.45) is 2.16. The molecule has 6 nitrogen and oxygen atoms in total. The summed E-state index contributed by atoms with van der Waals surface area (Å²) >= 11 is 0. The molecule has 2 saturated heterocycles. The fraction of sp³-hybridized carbons (Fsp3) is 0.321. The number of amides is 1. The number of benzene rings is 3. The summed E-state index contributed by atoms with van der Waals surface area (Å²) in [4.78, 5) is 13.0. The smallest absolute Gasteiger partial charge is 0.255 e. The van der Waals surface area contributed by atoms with Crippen LogP contribution in [0.1, 0.15) is 28.8 Å². The third kappa shape index (κ3) is 7.14. The van der Waals surface area contributed by atoms with Gasteiger partial charge in [0.05, 0.1) is 0 Å². The number of hydrogen-bond donors (Lipinski definition) is 3. The van der Waals surface area contributed by atoms with Crippen molar-refractivity contribution in [3.63, 3.8) is 0 Å². The number of rotatable bonds is 7. The van der Waals surface area contributed by atoms with Gasteiger partial charge in [-0.15, -0.1) is 24.8 Å².